The fraction of sp³-hybridized carbons (Fsp3) is 0.400. The van der Waals surface area contributed by atoms with Gasteiger partial charge in [0.1, 0.15) is 16.5 Å². The van der Waals surface area contributed by atoms with Crippen LogP contribution in [0, 0.1) is 6.92 Å². The molecule has 0 aromatic heterocycles. The van der Waals surface area contributed by atoms with Crippen molar-refractivity contribution in [2.45, 2.75) is 11.8 Å². The van der Waals surface area contributed by atoms with Gasteiger partial charge in [0.15, 0.2) is 9.84 Å². The summed E-state index contributed by atoms with van der Waals surface area (Å²) in [5.74, 6) is 0.295. The fourth-order valence-corrected chi connectivity index (χ4v) is 2.65. The van der Waals surface area contributed by atoms with Crippen molar-refractivity contribution in [2.24, 2.45) is 0 Å². The molecule has 0 bridgehead atoms. The number of sulfone groups is 1. The van der Waals surface area contributed by atoms with Crippen molar-refractivity contribution >= 4 is 9.84 Å². The Bertz CT molecular complexity index is 440. The highest BCUT2D eigenvalue weighted by molar-refractivity contribution is 7.91. The predicted molar refractivity (Wildman–Crippen MR) is 58.8 cm³/mol. The van der Waals surface area contributed by atoms with E-state index in [4.69, 9.17) is 4.74 Å². The zero-order chi connectivity index (χ0) is 11.5. The van der Waals surface area contributed by atoms with Crippen molar-refractivity contribution in [1.29, 1.82) is 0 Å². The summed E-state index contributed by atoms with van der Waals surface area (Å²) >= 11 is 0. The Morgan fingerprint density at radius 1 is 1.40 bits per heavy atom. The molecule has 0 aliphatic heterocycles. The van der Waals surface area contributed by atoms with Gasteiger partial charge in [0.05, 0.1) is 7.11 Å². The van der Waals surface area contributed by atoms with Crippen LogP contribution >= 0.6 is 0 Å². The standard InChI is InChI=1S/C10H15NO3S/c1-8-4-5-9(14-3)10(6-8)15(12,13)7-11-2/h4-6,11H,7H2,1-3H3. The van der Waals surface area contributed by atoms with Gasteiger partial charge in [-0.05, 0) is 31.7 Å². The van der Waals surface area contributed by atoms with Crippen LogP contribution in [0.3, 0.4) is 0 Å². The van der Waals surface area contributed by atoms with Crippen LogP contribution in [-0.2, 0) is 9.84 Å². The Hall–Kier alpha value is -1.07. The first-order chi connectivity index (χ1) is 7.01. The van der Waals surface area contributed by atoms with Gasteiger partial charge in [-0.25, -0.2) is 8.42 Å². The first-order valence-electron chi connectivity index (χ1n) is 4.53. The Labute approximate surface area is 90.2 Å². The first kappa shape index (κ1) is 12.0. The number of rotatable bonds is 4. The molecule has 1 aromatic carbocycles. The maximum atomic E-state index is 11.8. The SMILES string of the molecule is CNCS(=O)(=O)c1cc(C)ccc1OC. The predicted octanol–water partition coefficient (Wildman–Crippen LogP) is 0.954. The second-order valence-corrected chi connectivity index (χ2v) is 5.22. The molecule has 4 nitrogen and oxygen atoms in total. The molecule has 0 saturated carbocycles. The van der Waals surface area contributed by atoms with E-state index in [0.717, 1.165) is 5.56 Å². The molecule has 0 amide bonds. The minimum atomic E-state index is -3.31. The Balaban J connectivity index is 3.28. The van der Waals surface area contributed by atoms with E-state index in [0.29, 0.717) is 5.75 Å². The van der Waals surface area contributed by atoms with Gasteiger partial charge >= 0.3 is 0 Å². The lowest BCUT2D eigenvalue weighted by molar-refractivity contribution is 0.402. The molecule has 0 fully saturated rings. The Morgan fingerprint density at radius 3 is 2.60 bits per heavy atom. The number of ether oxygens (including phenoxy) is 1. The number of methoxy groups -OCH3 is 1. The third-order valence-electron chi connectivity index (χ3n) is 1.99. The van der Waals surface area contributed by atoms with Crippen LogP contribution in [0.1, 0.15) is 5.56 Å². The maximum absolute atomic E-state index is 11.8. The average Bonchev–Trinajstić information content (AvgIpc) is 2.17. The zero-order valence-electron chi connectivity index (χ0n) is 9.07. The van der Waals surface area contributed by atoms with E-state index in [1.54, 1.807) is 19.2 Å². The number of hydrogen-bond acceptors (Lipinski definition) is 4. The van der Waals surface area contributed by atoms with Gasteiger partial charge in [0, 0.05) is 0 Å². The van der Waals surface area contributed by atoms with Crippen molar-refractivity contribution in [2.75, 3.05) is 20.0 Å². The molecular formula is C10H15NO3S. The molecule has 84 valence electrons. The molecule has 5 heteroatoms. The molecule has 0 aliphatic rings. The van der Waals surface area contributed by atoms with Gasteiger partial charge in [-0.15, -0.1) is 0 Å². The van der Waals surface area contributed by atoms with E-state index in [-0.39, 0.29) is 10.8 Å². The summed E-state index contributed by atoms with van der Waals surface area (Å²) in [6.07, 6.45) is 0. The molecule has 1 rings (SSSR count). The van der Waals surface area contributed by atoms with E-state index in [1.807, 2.05) is 13.0 Å². The van der Waals surface area contributed by atoms with Crippen LogP contribution in [0.2, 0.25) is 0 Å². The van der Waals surface area contributed by atoms with Crippen LogP contribution < -0.4 is 10.1 Å². The lowest BCUT2D eigenvalue weighted by Gasteiger charge is -2.09. The molecular weight excluding hydrogens is 214 g/mol. The van der Waals surface area contributed by atoms with Crippen molar-refractivity contribution in [3.8, 4) is 5.75 Å². The van der Waals surface area contributed by atoms with Gasteiger partial charge < -0.3 is 10.1 Å². The van der Waals surface area contributed by atoms with E-state index < -0.39 is 9.84 Å². The van der Waals surface area contributed by atoms with E-state index in [1.165, 1.54) is 7.11 Å². The van der Waals surface area contributed by atoms with Crippen molar-refractivity contribution in [3.05, 3.63) is 23.8 Å². The monoisotopic (exact) mass is 229 g/mol. The van der Waals surface area contributed by atoms with Crippen LogP contribution in [0.15, 0.2) is 23.1 Å². The Kier molecular flexibility index (Phi) is 3.71. The summed E-state index contributed by atoms with van der Waals surface area (Å²) < 4.78 is 28.7. The molecule has 0 radical (unpaired) electrons. The second-order valence-electron chi connectivity index (χ2n) is 3.27. The fourth-order valence-electron chi connectivity index (χ4n) is 1.29. The molecule has 15 heavy (non-hydrogen) atoms. The average molecular weight is 229 g/mol. The number of benzene rings is 1. The summed E-state index contributed by atoms with van der Waals surface area (Å²) in [4.78, 5) is 0.236. The smallest absolute Gasteiger partial charge is 0.194 e. The molecule has 0 atom stereocenters. The highest BCUT2D eigenvalue weighted by atomic mass is 32.2. The molecule has 1 N–H and O–H groups in total. The maximum Gasteiger partial charge on any atom is 0.194 e. The normalized spacial score (nSPS) is 11.4. The molecule has 0 saturated heterocycles. The summed E-state index contributed by atoms with van der Waals surface area (Å²) in [5, 5.41) is 2.63. The van der Waals surface area contributed by atoms with Gasteiger partial charge in [-0.1, -0.05) is 6.07 Å². The van der Waals surface area contributed by atoms with Gasteiger partial charge in [-0.3, -0.25) is 0 Å². The zero-order valence-corrected chi connectivity index (χ0v) is 9.89. The lowest BCUT2D eigenvalue weighted by Crippen LogP contribution is -2.19. The molecule has 1 aromatic rings. The minimum absolute atomic E-state index is 0.0905. The largest absolute Gasteiger partial charge is 0.495 e. The number of nitrogens with one attached hydrogen (secondary N) is 1. The van der Waals surface area contributed by atoms with E-state index in [2.05, 4.69) is 5.32 Å². The molecule has 0 aliphatic carbocycles. The van der Waals surface area contributed by atoms with Crippen molar-refractivity contribution in [3.63, 3.8) is 0 Å². The van der Waals surface area contributed by atoms with Crippen LogP contribution in [0.4, 0.5) is 0 Å². The Morgan fingerprint density at radius 2 is 2.07 bits per heavy atom. The minimum Gasteiger partial charge on any atom is -0.495 e. The second kappa shape index (κ2) is 4.63. The molecule has 0 spiro atoms. The van der Waals surface area contributed by atoms with Crippen LogP contribution in [0.25, 0.3) is 0 Å². The first-order valence-corrected chi connectivity index (χ1v) is 6.18. The summed E-state index contributed by atoms with van der Waals surface area (Å²) in [7, 11) is -0.253. The van der Waals surface area contributed by atoms with Crippen LogP contribution in [-0.4, -0.2) is 28.5 Å². The quantitative estimate of drug-likeness (QED) is 0.835. The van der Waals surface area contributed by atoms with Gasteiger partial charge in [-0.2, -0.15) is 0 Å². The molecule has 0 unspecified atom stereocenters. The summed E-state index contributed by atoms with van der Waals surface area (Å²) in [5.41, 5.74) is 0.894. The van der Waals surface area contributed by atoms with Crippen molar-refractivity contribution < 1.29 is 13.2 Å². The van der Waals surface area contributed by atoms with E-state index >= 15 is 0 Å². The number of hydrogen-bond donors (Lipinski definition) is 1. The van der Waals surface area contributed by atoms with Gasteiger partial charge in [0.25, 0.3) is 0 Å². The lowest BCUT2D eigenvalue weighted by atomic mass is 10.2. The van der Waals surface area contributed by atoms with E-state index in [9.17, 15) is 8.42 Å². The molecule has 0 heterocycles. The topological polar surface area (TPSA) is 55.4 Å². The van der Waals surface area contributed by atoms with Crippen molar-refractivity contribution in [1.82, 2.24) is 5.32 Å². The van der Waals surface area contributed by atoms with Gasteiger partial charge in [0.2, 0.25) is 0 Å². The highest BCUT2D eigenvalue weighted by Crippen LogP contribution is 2.25. The summed E-state index contributed by atoms with van der Waals surface area (Å²) in [6, 6.07) is 5.10. The number of aryl methyl sites for hydroxylation is 1. The van der Waals surface area contributed by atoms with Crippen LogP contribution in [0.5, 0.6) is 5.75 Å². The third-order valence-corrected chi connectivity index (χ3v) is 3.65. The summed E-state index contributed by atoms with van der Waals surface area (Å²) in [6.45, 7) is 1.85. The highest BCUT2D eigenvalue weighted by Gasteiger charge is 2.18. The third kappa shape index (κ3) is 2.70.